The fraction of sp³-hybridized carbons (Fsp3) is 0.733. The van der Waals surface area contributed by atoms with Crippen molar-refractivity contribution in [2.75, 3.05) is 13.1 Å². The molecule has 2 N–H and O–H groups in total. The number of carbonyl (C=O) groups excluding carboxylic acids is 1. The van der Waals surface area contributed by atoms with Crippen molar-refractivity contribution in [3.8, 4) is 0 Å². The summed E-state index contributed by atoms with van der Waals surface area (Å²) in [5.74, 6) is -0.626. The Morgan fingerprint density at radius 3 is 2.90 bits per heavy atom. The van der Waals surface area contributed by atoms with Crippen LogP contribution in [0.2, 0.25) is 0 Å². The van der Waals surface area contributed by atoms with Gasteiger partial charge in [0.05, 0.1) is 5.41 Å². The van der Waals surface area contributed by atoms with Gasteiger partial charge >= 0.3 is 12.0 Å². The third kappa shape index (κ3) is 2.53. The number of hydrogen-bond donors (Lipinski definition) is 2. The number of rotatable bonds is 5. The van der Waals surface area contributed by atoms with E-state index in [2.05, 4.69) is 11.9 Å². The molecule has 1 unspecified atom stereocenters. The Hall–Kier alpha value is -1.52. The topological polar surface area (TPSA) is 69.6 Å². The molecule has 1 saturated heterocycles. The van der Waals surface area contributed by atoms with E-state index in [1.54, 1.807) is 11.0 Å². The zero-order valence-electron chi connectivity index (χ0n) is 12.1. The zero-order chi connectivity index (χ0) is 14.8. The van der Waals surface area contributed by atoms with E-state index in [9.17, 15) is 14.7 Å². The normalized spacial score (nSPS) is 29.9. The molecule has 1 aliphatic carbocycles. The molecule has 2 aliphatic rings. The first-order chi connectivity index (χ1) is 9.53. The molecule has 1 heterocycles. The Bertz CT molecular complexity index is 410. The van der Waals surface area contributed by atoms with Crippen molar-refractivity contribution in [2.24, 2.45) is 11.3 Å². The van der Waals surface area contributed by atoms with Crippen LogP contribution >= 0.6 is 0 Å². The van der Waals surface area contributed by atoms with Gasteiger partial charge in [0.2, 0.25) is 0 Å². The van der Waals surface area contributed by atoms with Crippen molar-refractivity contribution in [3.63, 3.8) is 0 Å². The number of carboxylic acid groups (broad SMARTS) is 1. The van der Waals surface area contributed by atoms with Gasteiger partial charge in [0.1, 0.15) is 0 Å². The SMILES string of the molecule is C=CCC(CC)NC(=O)N1C[C@@H]2CCC[C@@]2(C(=O)O)C1. The average Bonchev–Trinajstić information content (AvgIpc) is 2.95. The lowest BCUT2D eigenvalue weighted by Crippen LogP contribution is -2.45. The molecule has 1 aliphatic heterocycles. The largest absolute Gasteiger partial charge is 0.481 e. The van der Waals surface area contributed by atoms with E-state index < -0.39 is 11.4 Å². The van der Waals surface area contributed by atoms with E-state index in [4.69, 9.17) is 0 Å². The first kappa shape index (κ1) is 14.9. The lowest BCUT2D eigenvalue weighted by atomic mass is 9.81. The van der Waals surface area contributed by atoms with E-state index in [-0.39, 0.29) is 18.0 Å². The number of hydrogen-bond acceptors (Lipinski definition) is 2. The molecule has 0 spiro atoms. The number of nitrogens with zero attached hydrogens (tertiary/aromatic N) is 1. The number of urea groups is 1. The highest BCUT2D eigenvalue weighted by Crippen LogP contribution is 2.48. The van der Waals surface area contributed by atoms with E-state index in [0.717, 1.165) is 25.7 Å². The second-order valence-corrected chi connectivity index (χ2v) is 6.01. The first-order valence-electron chi connectivity index (χ1n) is 7.43. The van der Waals surface area contributed by atoms with Gasteiger partial charge in [-0.2, -0.15) is 0 Å². The van der Waals surface area contributed by atoms with Gasteiger partial charge in [0.25, 0.3) is 0 Å². The fourth-order valence-electron chi connectivity index (χ4n) is 3.59. The number of amides is 2. The van der Waals surface area contributed by atoms with Crippen molar-refractivity contribution in [1.29, 1.82) is 0 Å². The summed E-state index contributed by atoms with van der Waals surface area (Å²) < 4.78 is 0. The van der Waals surface area contributed by atoms with Crippen molar-refractivity contribution in [2.45, 2.75) is 45.1 Å². The van der Waals surface area contributed by atoms with Crippen LogP contribution in [0.5, 0.6) is 0 Å². The Labute approximate surface area is 120 Å². The van der Waals surface area contributed by atoms with Gasteiger partial charge in [0, 0.05) is 19.1 Å². The Morgan fingerprint density at radius 1 is 1.60 bits per heavy atom. The minimum absolute atomic E-state index is 0.0845. The van der Waals surface area contributed by atoms with Crippen molar-refractivity contribution in [3.05, 3.63) is 12.7 Å². The van der Waals surface area contributed by atoms with Gasteiger partial charge in [-0.05, 0) is 31.6 Å². The molecule has 0 radical (unpaired) electrons. The molecule has 20 heavy (non-hydrogen) atoms. The average molecular weight is 280 g/mol. The van der Waals surface area contributed by atoms with Crippen molar-refractivity contribution in [1.82, 2.24) is 10.2 Å². The third-order valence-electron chi connectivity index (χ3n) is 4.86. The molecule has 2 fully saturated rings. The molecular formula is C15H24N2O3. The predicted octanol–water partition coefficient (Wildman–Crippen LogP) is 2.24. The molecule has 0 bridgehead atoms. The highest BCUT2D eigenvalue weighted by atomic mass is 16.4. The van der Waals surface area contributed by atoms with Gasteiger partial charge in [-0.15, -0.1) is 6.58 Å². The van der Waals surface area contributed by atoms with Gasteiger partial charge < -0.3 is 15.3 Å². The summed E-state index contributed by atoms with van der Waals surface area (Å²) in [6, 6.07) is -0.0463. The highest BCUT2D eigenvalue weighted by Gasteiger charge is 2.55. The van der Waals surface area contributed by atoms with E-state index in [1.165, 1.54) is 0 Å². The van der Waals surface area contributed by atoms with E-state index >= 15 is 0 Å². The summed E-state index contributed by atoms with van der Waals surface area (Å²) in [5.41, 5.74) is -0.697. The van der Waals surface area contributed by atoms with Gasteiger partial charge in [0.15, 0.2) is 0 Å². The smallest absolute Gasteiger partial charge is 0.317 e. The predicted molar refractivity (Wildman–Crippen MR) is 76.4 cm³/mol. The maximum Gasteiger partial charge on any atom is 0.317 e. The van der Waals surface area contributed by atoms with Crippen LogP contribution in [0, 0.1) is 11.3 Å². The van der Waals surface area contributed by atoms with Gasteiger partial charge in [-0.25, -0.2) is 4.79 Å². The maximum absolute atomic E-state index is 12.3. The van der Waals surface area contributed by atoms with Gasteiger partial charge in [-0.3, -0.25) is 4.79 Å². The van der Waals surface area contributed by atoms with Crippen LogP contribution in [0.4, 0.5) is 4.79 Å². The molecule has 112 valence electrons. The lowest BCUT2D eigenvalue weighted by molar-refractivity contribution is -0.149. The van der Waals surface area contributed by atoms with Crippen LogP contribution in [0.15, 0.2) is 12.7 Å². The standard InChI is InChI=1S/C15H24N2O3/c1-3-6-12(4-2)16-14(20)17-9-11-7-5-8-15(11,10-17)13(18)19/h3,11-12H,1,4-10H2,2H3,(H,16,20)(H,18,19)/t11-,12?,15+/m0/s1. The summed E-state index contributed by atoms with van der Waals surface area (Å²) in [6.07, 6.45) is 5.95. The van der Waals surface area contributed by atoms with Crippen LogP contribution in [0.25, 0.3) is 0 Å². The number of carboxylic acids is 1. The summed E-state index contributed by atoms with van der Waals surface area (Å²) in [6.45, 7) is 6.63. The quantitative estimate of drug-likeness (QED) is 0.759. The Balaban J connectivity index is 2.00. The lowest BCUT2D eigenvalue weighted by Gasteiger charge is -2.25. The first-order valence-corrected chi connectivity index (χ1v) is 7.43. The van der Waals surface area contributed by atoms with Crippen molar-refractivity contribution >= 4 is 12.0 Å². The maximum atomic E-state index is 12.3. The summed E-state index contributed by atoms with van der Waals surface area (Å²) in [4.78, 5) is 25.5. The third-order valence-corrected chi connectivity index (χ3v) is 4.86. The minimum Gasteiger partial charge on any atom is -0.481 e. The number of aliphatic carboxylic acids is 1. The molecule has 3 atom stereocenters. The molecule has 0 aromatic rings. The summed E-state index contributed by atoms with van der Waals surface area (Å²) >= 11 is 0. The number of likely N-dealkylation sites (tertiary alicyclic amines) is 1. The Kier molecular flexibility index (Phi) is 4.35. The number of nitrogens with one attached hydrogen (secondary N) is 1. The van der Waals surface area contributed by atoms with Crippen LogP contribution in [-0.4, -0.2) is 41.1 Å². The summed E-state index contributed by atoms with van der Waals surface area (Å²) in [5, 5.41) is 12.5. The number of carbonyl (C=O) groups is 2. The van der Waals surface area contributed by atoms with Crippen LogP contribution < -0.4 is 5.32 Å². The molecule has 0 aromatic carbocycles. The monoisotopic (exact) mass is 280 g/mol. The molecule has 2 rings (SSSR count). The fourth-order valence-corrected chi connectivity index (χ4v) is 3.59. The molecule has 2 amide bonds. The highest BCUT2D eigenvalue weighted by molar-refractivity contribution is 5.80. The molecule has 0 aromatic heterocycles. The number of fused-ring (bicyclic) bond motifs is 1. The van der Waals surface area contributed by atoms with E-state index in [0.29, 0.717) is 19.5 Å². The molecular weight excluding hydrogens is 256 g/mol. The molecule has 1 saturated carbocycles. The van der Waals surface area contributed by atoms with Crippen molar-refractivity contribution < 1.29 is 14.7 Å². The van der Waals surface area contributed by atoms with Gasteiger partial charge in [-0.1, -0.05) is 19.4 Å². The van der Waals surface area contributed by atoms with Crippen LogP contribution in [0.3, 0.4) is 0 Å². The van der Waals surface area contributed by atoms with Crippen LogP contribution in [0.1, 0.15) is 39.0 Å². The molecule has 5 heteroatoms. The minimum atomic E-state index is -0.742. The zero-order valence-corrected chi connectivity index (χ0v) is 12.1. The Morgan fingerprint density at radius 2 is 2.35 bits per heavy atom. The van der Waals surface area contributed by atoms with E-state index in [1.807, 2.05) is 6.92 Å². The summed E-state index contributed by atoms with van der Waals surface area (Å²) in [7, 11) is 0. The van der Waals surface area contributed by atoms with Crippen LogP contribution in [-0.2, 0) is 4.79 Å². The second kappa shape index (κ2) is 5.85. The second-order valence-electron chi connectivity index (χ2n) is 6.01. The molecule has 5 nitrogen and oxygen atoms in total.